The monoisotopic (exact) mass is 439 g/mol. The number of aromatic nitrogens is 4. The average Bonchev–Trinajstić information content (AvgIpc) is 3.26. The number of amides is 2. The molecule has 32 heavy (non-hydrogen) atoms. The average molecular weight is 440 g/mol. The molecule has 2 amide bonds. The number of hydrogen-bond acceptors (Lipinski definition) is 7. The molecule has 1 aliphatic heterocycles. The lowest BCUT2D eigenvalue weighted by Gasteiger charge is -2.35. The summed E-state index contributed by atoms with van der Waals surface area (Å²) in [7, 11) is 3.27. The third-order valence-electron chi connectivity index (χ3n) is 5.44. The summed E-state index contributed by atoms with van der Waals surface area (Å²) < 4.78 is 12.4. The van der Waals surface area contributed by atoms with E-state index in [0.717, 1.165) is 34.7 Å². The number of rotatable bonds is 7. The Labute approximate surface area is 187 Å². The van der Waals surface area contributed by atoms with Crippen molar-refractivity contribution in [2.75, 3.05) is 51.8 Å². The summed E-state index contributed by atoms with van der Waals surface area (Å²) in [6.45, 7) is 5.67. The van der Waals surface area contributed by atoms with Crippen LogP contribution in [0.5, 0.6) is 5.75 Å². The van der Waals surface area contributed by atoms with E-state index in [1.54, 1.807) is 25.1 Å². The molecular weight excluding hydrogens is 410 g/mol. The third-order valence-corrected chi connectivity index (χ3v) is 5.44. The van der Waals surface area contributed by atoms with Gasteiger partial charge in [-0.1, -0.05) is 6.92 Å². The third kappa shape index (κ3) is 4.45. The number of nitrogens with zero attached hydrogens (tertiary/aromatic N) is 6. The van der Waals surface area contributed by atoms with Gasteiger partial charge < -0.3 is 24.6 Å². The number of urea groups is 1. The largest absolute Gasteiger partial charge is 0.497 e. The van der Waals surface area contributed by atoms with Gasteiger partial charge in [0.05, 0.1) is 24.4 Å². The molecule has 1 N–H and O–H groups in total. The summed E-state index contributed by atoms with van der Waals surface area (Å²) in [5, 5.41) is 8.40. The van der Waals surface area contributed by atoms with Crippen molar-refractivity contribution in [2.24, 2.45) is 0 Å². The molecule has 0 bridgehead atoms. The fourth-order valence-electron chi connectivity index (χ4n) is 3.75. The van der Waals surface area contributed by atoms with Crippen molar-refractivity contribution >= 4 is 22.9 Å². The van der Waals surface area contributed by atoms with Gasteiger partial charge in [0.15, 0.2) is 11.5 Å². The van der Waals surface area contributed by atoms with Crippen LogP contribution in [0.25, 0.3) is 16.7 Å². The standard InChI is InChI=1S/C22H29N7O3/c1-4-9-23-22(30)28-12-10-27(11-13-28)20-18-14-24-29(16-5-7-17(32-3)8-6-16)21(18)26-19(25-20)15-31-2/h5-8,14H,4,9-13,15H2,1-3H3,(H,23,30). The predicted molar refractivity (Wildman–Crippen MR) is 121 cm³/mol. The zero-order valence-corrected chi connectivity index (χ0v) is 18.7. The number of carbonyl (C=O) groups is 1. The number of benzene rings is 1. The van der Waals surface area contributed by atoms with Crippen LogP contribution in [0.2, 0.25) is 0 Å². The molecule has 4 rings (SSSR count). The molecule has 1 aromatic carbocycles. The molecule has 0 saturated carbocycles. The summed E-state index contributed by atoms with van der Waals surface area (Å²) in [5.74, 6) is 2.19. The highest BCUT2D eigenvalue weighted by molar-refractivity contribution is 5.88. The Morgan fingerprint density at radius 3 is 2.50 bits per heavy atom. The fraction of sp³-hybridized carbons (Fsp3) is 0.455. The SMILES string of the molecule is CCCNC(=O)N1CCN(c2nc(COC)nc3c2cnn3-c2ccc(OC)cc2)CC1. The maximum Gasteiger partial charge on any atom is 0.317 e. The molecule has 0 spiro atoms. The van der Waals surface area contributed by atoms with E-state index in [-0.39, 0.29) is 6.03 Å². The fourth-order valence-corrected chi connectivity index (χ4v) is 3.75. The van der Waals surface area contributed by atoms with Crippen molar-refractivity contribution in [2.45, 2.75) is 20.0 Å². The Hall–Kier alpha value is -3.40. The van der Waals surface area contributed by atoms with Gasteiger partial charge in [-0.3, -0.25) is 0 Å². The zero-order chi connectivity index (χ0) is 22.5. The van der Waals surface area contributed by atoms with E-state index in [1.807, 2.05) is 36.1 Å². The van der Waals surface area contributed by atoms with Gasteiger partial charge in [-0.15, -0.1) is 0 Å². The Kier molecular flexibility index (Phi) is 6.69. The van der Waals surface area contributed by atoms with Gasteiger partial charge in [0.1, 0.15) is 18.2 Å². The zero-order valence-electron chi connectivity index (χ0n) is 18.7. The van der Waals surface area contributed by atoms with Crippen molar-refractivity contribution in [3.8, 4) is 11.4 Å². The lowest BCUT2D eigenvalue weighted by molar-refractivity contribution is 0.178. The molecule has 0 atom stereocenters. The molecule has 10 nitrogen and oxygen atoms in total. The van der Waals surface area contributed by atoms with Crippen LogP contribution in [0.4, 0.5) is 10.6 Å². The molecule has 10 heteroatoms. The van der Waals surface area contributed by atoms with E-state index in [0.29, 0.717) is 45.2 Å². The number of carbonyl (C=O) groups excluding carboxylic acids is 1. The number of piperazine rings is 1. The van der Waals surface area contributed by atoms with Crippen molar-refractivity contribution in [3.63, 3.8) is 0 Å². The van der Waals surface area contributed by atoms with Gasteiger partial charge in [0.25, 0.3) is 0 Å². The van der Waals surface area contributed by atoms with Crippen molar-refractivity contribution in [3.05, 3.63) is 36.3 Å². The first-order valence-electron chi connectivity index (χ1n) is 10.8. The van der Waals surface area contributed by atoms with Crippen LogP contribution in [-0.4, -0.2) is 77.6 Å². The Bertz CT molecular complexity index is 1060. The van der Waals surface area contributed by atoms with Crippen molar-refractivity contribution in [1.82, 2.24) is 30.0 Å². The van der Waals surface area contributed by atoms with E-state index < -0.39 is 0 Å². The van der Waals surface area contributed by atoms with Gasteiger partial charge in [-0.05, 0) is 30.7 Å². The topological polar surface area (TPSA) is 97.6 Å². The highest BCUT2D eigenvalue weighted by atomic mass is 16.5. The summed E-state index contributed by atoms with van der Waals surface area (Å²) in [4.78, 5) is 25.8. The normalized spacial score (nSPS) is 14.1. The number of hydrogen-bond donors (Lipinski definition) is 1. The number of anilines is 1. The summed E-state index contributed by atoms with van der Waals surface area (Å²) in [6, 6.07) is 7.66. The second-order valence-corrected chi connectivity index (χ2v) is 7.59. The van der Waals surface area contributed by atoms with Gasteiger partial charge in [0.2, 0.25) is 0 Å². The molecule has 1 fully saturated rings. The number of fused-ring (bicyclic) bond motifs is 1. The Morgan fingerprint density at radius 1 is 1.09 bits per heavy atom. The van der Waals surface area contributed by atoms with Gasteiger partial charge in [-0.25, -0.2) is 19.4 Å². The highest BCUT2D eigenvalue weighted by Gasteiger charge is 2.25. The molecule has 2 aromatic heterocycles. The number of ether oxygens (including phenoxy) is 2. The first-order chi connectivity index (χ1) is 15.6. The van der Waals surface area contributed by atoms with Crippen LogP contribution in [0.1, 0.15) is 19.2 Å². The maximum atomic E-state index is 12.3. The van der Waals surface area contributed by atoms with Gasteiger partial charge >= 0.3 is 6.03 Å². The van der Waals surface area contributed by atoms with Crippen LogP contribution >= 0.6 is 0 Å². The summed E-state index contributed by atoms with van der Waals surface area (Å²) in [6.07, 6.45) is 2.72. The van der Waals surface area contributed by atoms with Crippen LogP contribution in [-0.2, 0) is 11.3 Å². The molecule has 0 unspecified atom stereocenters. The minimum Gasteiger partial charge on any atom is -0.497 e. The van der Waals surface area contributed by atoms with E-state index in [1.165, 1.54) is 0 Å². The minimum absolute atomic E-state index is 0.00766. The van der Waals surface area contributed by atoms with E-state index in [4.69, 9.17) is 19.4 Å². The number of nitrogens with one attached hydrogen (secondary N) is 1. The molecule has 0 aliphatic carbocycles. The second-order valence-electron chi connectivity index (χ2n) is 7.59. The quantitative estimate of drug-likeness (QED) is 0.603. The molecule has 1 aliphatic rings. The van der Waals surface area contributed by atoms with E-state index in [9.17, 15) is 4.79 Å². The van der Waals surface area contributed by atoms with E-state index in [2.05, 4.69) is 15.3 Å². The summed E-state index contributed by atoms with van der Waals surface area (Å²) in [5.41, 5.74) is 1.60. The lowest BCUT2D eigenvalue weighted by atomic mass is 10.2. The first-order valence-corrected chi connectivity index (χ1v) is 10.8. The smallest absolute Gasteiger partial charge is 0.317 e. The molecule has 3 aromatic rings. The molecular formula is C22H29N7O3. The second kappa shape index (κ2) is 9.82. The van der Waals surface area contributed by atoms with E-state index >= 15 is 0 Å². The van der Waals surface area contributed by atoms with Gasteiger partial charge in [0, 0.05) is 39.8 Å². The lowest BCUT2D eigenvalue weighted by Crippen LogP contribution is -2.52. The van der Waals surface area contributed by atoms with Crippen molar-refractivity contribution in [1.29, 1.82) is 0 Å². The van der Waals surface area contributed by atoms with Gasteiger partial charge in [-0.2, -0.15) is 5.10 Å². The number of methoxy groups -OCH3 is 2. The Balaban J connectivity index is 1.63. The summed E-state index contributed by atoms with van der Waals surface area (Å²) >= 11 is 0. The van der Waals surface area contributed by atoms with Crippen LogP contribution < -0.4 is 15.0 Å². The molecule has 170 valence electrons. The first kappa shape index (κ1) is 21.8. The Morgan fingerprint density at radius 2 is 1.84 bits per heavy atom. The van der Waals surface area contributed by atoms with Crippen LogP contribution in [0.15, 0.2) is 30.5 Å². The highest BCUT2D eigenvalue weighted by Crippen LogP contribution is 2.27. The predicted octanol–water partition coefficient (Wildman–Crippen LogP) is 2.21. The molecule has 1 saturated heterocycles. The van der Waals surface area contributed by atoms with Crippen molar-refractivity contribution < 1.29 is 14.3 Å². The van der Waals surface area contributed by atoms with Crippen LogP contribution in [0.3, 0.4) is 0 Å². The van der Waals surface area contributed by atoms with Crippen LogP contribution in [0, 0.1) is 0 Å². The maximum absolute atomic E-state index is 12.3. The molecule has 3 heterocycles. The molecule has 0 radical (unpaired) electrons. The minimum atomic E-state index is -0.00766.